The van der Waals surface area contributed by atoms with Gasteiger partial charge in [-0.25, -0.2) is 4.68 Å². The summed E-state index contributed by atoms with van der Waals surface area (Å²) in [6.45, 7) is 0. The van der Waals surface area contributed by atoms with E-state index in [1.165, 1.54) is 35.1 Å². The van der Waals surface area contributed by atoms with Gasteiger partial charge in [-0.3, -0.25) is 14.9 Å². The number of nitro groups is 1. The second-order valence-corrected chi connectivity index (χ2v) is 10.1. The van der Waals surface area contributed by atoms with Crippen LogP contribution in [0, 0.1) is 10.1 Å². The Morgan fingerprint density at radius 2 is 1.74 bits per heavy atom. The average molecular weight is 579 g/mol. The zero-order valence-corrected chi connectivity index (χ0v) is 23.2. The van der Waals surface area contributed by atoms with Crippen molar-refractivity contribution in [3.05, 3.63) is 121 Å². The molecule has 0 N–H and O–H groups in total. The molecule has 0 saturated heterocycles. The van der Waals surface area contributed by atoms with Gasteiger partial charge < -0.3 is 9.47 Å². The van der Waals surface area contributed by atoms with Gasteiger partial charge in [-0.1, -0.05) is 47.7 Å². The van der Waals surface area contributed by atoms with Gasteiger partial charge in [0.2, 0.25) is 4.96 Å². The van der Waals surface area contributed by atoms with E-state index in [1.54, 1.807) is 36.2 Å². The summed E-state index contributed by atoms with van der Waals surface area (Å²) in [6, 6.07) is 21.6. The minimum absolute atomic E-state index is 0.140. The molecule has 0 unspecified atom stereocenters. The van der Waals surface area contributed by atoms with E-state index < -0.39 is 4.92 Å². The van der Waals surface area contributed by atoms with E-state index in [-0.39, 0.29) is 17.0 Å². The smallest absolute Gasteiger partial charge is 0.311 e. The third-order valence-corrected chi connectivity index (χ3v) is 7.40. The maximum absolute atomic E-state index is 13.3. The van der Waals surface area contributed by atoms with Crippen molar-refractivity contribution in [3.63, 3.8) is 0 Å². The number of nitrogens with zero attached hydrogens (tertiary/aromatic N) is 6. The molecule has 0 saturated carbocycles. The fraction of sp³-hybridized carbons (Fsp3) is 0.0667. The highest BCUT2D eigenvalue weighted by Crippen LogP contribution is 2.33. The van der Waals surface area contributed by atoms with E-state index in [0.717, 1.165) is 17.0 Å². The van der Waals surface area contributed by atoms with Crippen LogP contribution < -0.4 is 19.6 Å². The van der Waals surface area contributed by atoms with Crippen molar-refractivity contribution >= 4 is 40.2 Å². The van der Waals surface area contributed by atoms with Crippen LogP contribution >= 0.6 is 11.3 Å². The molecule has 3 aromatic heterocycles. The highest BCUT2D eigenvalue weighted by atomic mass is 32.1. The maximum atomic E-state index is 13.3. The minimum Gasteiger partial charge on any atom is -0.497 e. The number of rotatable bonds is 8. The number of benzene rings is 3. The molecule has 12 heteroatoms. The van der Waals surface area contributed by atoms with Crippen LogP contribution in [-0.4, -0.2) is 43.5 Å². The van der Waals surface area contributed by atoms with Crippen LogP contribution in [0.4, 0.5) is 5.69 Å². The molecule has 208 valence electrons. The Hall–Kier alpha value is -5.62. The number of hydrogen-bond donors (Lipinski definition) is 0. The van der Waals surface area contributed by atoms with Crippen molar-refractivity contribution in [3.8, 4) is 28.4 Å². The number of para-hydroxylation sites is 1. The zero-order valence-electron chi connectivity index (χ0n) is 22.4. The lowest BCUT2D eigenvalue weighted by molar-refractivity contribution is -0.385. The second-order valence-electron chi connectivity index (χ2n) is 9.04. The summed E-state index contributed by atoms with van der Waals surface area (Å²) >= 11 is 1.19. The molecule has 3 aromatic carbocycles. The molecule has 0 amide bonds. The molecule has 3 heterocycles. The molecule has 0 bridgehead atoms. The van der Waals surface area contributed by atoms with Crippen LogP contribution in [0.3, 0.4) is 0 Å². The summed E-state index contributed by atoms with van der Waals surface area (Å²) in [5.74, 6) is 1.31. The normalized spacial score (nSPS) is 11.9. The first kappa shape index (κ1) is 26.6. The molecular formula is C30H22N6O5S. The van der Waals surface area contributed by atoms with E-state index in [2.05, 4.69) is 10.1 Å². The first-order valence-corrected chi connectivity index (χ1v) is 13.5. The molecule has 11 nitrogen and oxygen atoms in total. The largest absolute Gasteiger partial charge is 0.497 e. The van der Waals surface area contributed by atoms with E-state index in [1.807, 2.05) is 60.7 Å². The first-order valence-electron chi connectivity index (χ1n) is 12.6. The highest BCUT2D eigenvalue weighted by molar-refractivity contribution is 7.15. The third-order valence-electron chi connectivity index (χ3n) is 6.44. The van der Waals surface area contributed by atoms with Crippen LogP contribution in [0.5, 0.6) is 11.5 Å². The Bertz CT molecular complexity index is 2060. The Labute approximate surface area is 242 Å². The SMILES string of the molecule is COc1ccc(/C=C/c2nc3s/c(=C\c4cn(-c5ccccc5)nc4-c4ccc(OC)c([N+](=O)[O-])c4)c(=O)n3n2)cc1. The summed E-state index contributed by atoms with van der Waals surface area (Å²) in [5.41, 5.74) is 2.78. The Morgan fingerprint density at radius 1 is 0.952 bits per heavy atom. The number of fused-ring (bicyclic) bond motifs is 1. The Balaban J connectivity index is 1.41. The van der Waals surface area contributed by atoms with Gasteiger partial charge in [0, 0.05) is 23.4 Å². The van der Waals surface area contributed by atoms with Crippen LogP contribution in [0.2, 0.25) is 0 Å². The summed E-state index contributed by atoms with van der Waals surface area (Å²) in [7, 11) is 2.99. The molecule has 0 fully saturated rings. The van der Waals surface area contributed by atoms with Gasteiger partial charge in [0.15, 0.2) is 11.6 Å². The van der Waals surface area contributed by atoms with Crippen molar-refractivity contribution in [2.45, 2.75) is 0 Å². The predicted octanol–water partition coefficient (Wildman–Crippen LogP) is 4.65. The summed E-state index contributed by atoms with van der Waals surface area (Å²) in [6.07, 6.45) is 7.07. The van der Waals surface area contributed by atoms with Crippen molar-refractivity contribution in [1.29, 1.82) is 0 Å². The molecule has 0 aliphatic carbocycles. The van der Waals surface area contributed by atoms with Crippen molar-refractivity contribution in [1.82, 2.24) is 24.4 Å². The zero-order chi connectivity index (χ0) is 29.2. The van der Waals surface area contributed by atoms with Gasteiger partial charge in [0.05, 0.1) is 29.4 Å². The molecular weight excluding hydrogens is 556 g/mol. The lowest BCUT2D eigenvalue weighted by Crippen LogP contribution is -2.23. The minimum atomic E-state index is -0.504. The lowest BCUT2D eigenvalue weighted by atomic mass is 10.1. The summed E-state index contributed by atoms with van der Waals surface area (Å²) < 4.78 is 13.7. The summed E-state index contributed by atoms with van der Waals surface area (Å²) in [4.78, 5) is 29.4. The average Bonchev–Trinajstić information content (AvgIpc) is 3.71. The Kier molecular flexibility index (Phi) is 7.03. The van der Waals surface area contributed by atoms with E-state index in [0.29, 0.717) is 32.1 Å². The van der Waals surface area contributed by atoms with Gasteiger partial charge in [-0.15, -0.1) is 5.10 Å². The first-order chi connectivity index (χ1) is 20.4. The quantitative estimate of drug-likeness (QED) is 0.189. The third kappa shape index (κ3) is 5.13. The van der Waals surface area contributed by atoms with Crippen LogP contribution in [-0.2, 0) is 0 Å². The van der Waals surface area contributed by atoms with Gasteiger partial charge in [-0.2, -0.15) is 14.6 Å². The molecule has 0 radical (unpaired) electrons. The van der Waals surface area contributed by atoms with E-state index in [9.17, 15) is 14.9 Å². The van der Waals surface area contributed by atoms with Crippen molar-refractivity contribution in [2.24, 2.45) is 0 Å². The van der Waals surface area contributed by atoms with Gasteiger partial charge in [0.25, 0.3) is 5.56 Å². The highest BCUT2D eigenvalue weighted by Gasteiger charge is 2.20. The van der Waals surface area contributed by atoms with Crippen LogP contribution in [0.15, 0.2) is 83.8 Å². The van der Waals surface area contributed by atoms with Crippen molar-refractivity contribution < 1.29 is 14.4 Å². The molecule has 0 aliphatic heterocycles. The van der Waals surface area contributed by atoms with Gasteiger partial charge in [-0.05, 0) is 54.1 Å². The monoisotopic (exact) mass is 578 g/mol. The molecule has 0 aliphatic rings. The molecule has 0 atom stereocenters. The lowest BCUT2D eigenvalue weighted by Gasteiger charge is -2.04. The standard InChI is InChI=1S/C30H22N6O5S/c1-40-23-12-8-19(9-13-23)10-15-27-31-30-35(32-27)29(37)26(42-30)17-21-18-34(22-6-4-3-5-7-22)33-28(21)20-11-14-25(41-2)24(16-20)36(38)39/h3-18H,1-2H3/b15-10+,26-17-. The van der Waals surface area contributed by atoms with Gasteiger partial charge in [0.1, 0.15) is 11.4 Å². The fourth-order valence-corrected chi connectivity index (χ4v) is 5.26. The van der Waals surface area contributed by atoms with Crippen LogP contribution in [0.1, 0.15) is 17.0 Å². The van der Waals surface area contributed by atoms with Gasteiger partial charge >= 0.3 is 5.69 Å². The molecule has 6 rings (SSSR count). The predicted molar refractivity (Wildman–Crippen MR) is 160 cm³/mol. The molecule has 6 aromatic rings. The summed E-state index contributed by atoms with van der Waals surface area (Å²) in [5, 5.41) is 20.8. The second kappa shape index (κ2) is 11.1. The number of aromatic nitrogens is 5. The Morgan fingerprint density at radius 3 is 2.43 bits per heavy atom. The van der Waals surface area contributed by atoms with Crippen LogP contribution in [0.25, 0.3) is 40.1 Å². The topological polar surface area (TPSA) is 127 Å². The van der Waals surface area contributed by atoms with E-state index >= 15 is 0 Å². The maximum Gasteiger partial charge on any atom is 0.311 e. The number of ether oxygens (including phenoxy) is 2. The number of thiazole rings is 1. The fourth-order valence-electron chi connectivity index (χ4n) is 4.36. The van der Waals surface area contributed by atoms with E-state index in [4.69, 9.17) is 14.6 Å². The number of nitro benzene ring substituents is 1. The molecule has 0 spiro atoms. The number of methoxy groups -OCH3 is 2. The van der Waals surface area contributed by atoms with Crippen molar-refractivity contribution in [2.75, 3.05) is 14.2 Å². The number of hydrogen-bond acceptors (Lipinski definition) is 9. The molecule has 42 heavy (non-hydrogen) atoms.